The van der Waals surface area contributed by atoms with Gasteiger partial charge >= 0.3 is 0 Å². The van der Waals surface area contributed by atoms with Crippen LogP contribution in [0.5, 0.6) is 0 Å². The molecule has 2 unspecified atom stereocenters. The Balaban J connectivity index is 2.36. The minimum atomic E-state index is -0.678. The highest BCUT2D eigenvalue weighted by atomic mass is 35.5. The lowest BCUT2D eigenvalue weighted by Gasteiger charge is -2.26. The third-order valence-corrected chi connectivity index (χ3v) is 4.05. The monoisotopic (exact) mass is 300 g/mol. The molecule has 1 aromatic rings. The van der Waals surface area contributed by atoms with E-state index in [4.69, 9.17) is 28.9 Å². The van der Waals surface area contributed by atoms with E-state index in [0.717, 1.165) is 11.1 Å². The van der Waals surface area contributed by atoms with Gasteiger partial charge in [-0.15, -0.1) is 0 Å². The van der Waals surface area contributed by atoms with Crippen LogP contribution in [0.3, 0.4) is 0 Å². The Kier molecular flexibility index (Phi) is 4.45. The zero-order chi connectivity index (χ0) is 14.0. The molecule has 6 heteroatoms. The summed E-state index contributed by atoms with van der Waals surface area (Å²) in [5.41, 5.74) is 7.28. The smallest absolute Gasteiger partial charge is 0.223 e. The van der Waals surface area contributed by atoms with Crippen molar-refractivity contribution in [1.82, 2.24) is 0 Å². The summed E-state index contributed by atoms with van der Waals surface area (Å²) in [6.07, 6.45) is 2.95. The van der Waals surface area contributed by atoms with Gasteiger partial charge in [0.25, 0.3) is 0 Å². The Hall–Kier alpha value is -1.10. The van der Waals surface area contributed by atoms with Crippen LogP contribution in [0.4, 0.5) is 0 Å². The van der Waals surface area contributed by atoms with E-state index in [1.165, 1.54) is 0 Å². The number of halogens is 2. The predicted octanol–water partition coefficient (Wildman–Crippen LogP) is 3.40. The molecule has 0 aromatic heterocycles. The Morgan fingerprint density at radius 2 is 2.16 bits per heavy atom. The molecule has 0 heterocycles. The van der Waals surface area contributed by atoms with Crippen molar-refractivity contribution in [2.75, 3.05) is 6.54 Å². The average molecular weight is 301 g/mol. The molecule has 102 valence electrons. The Bertz CT molecular complexity index is 531. The lowest BCUT2D eigenvalue weighted by Crippen LogP contribution is -2.32. The highest BCUT2D eigenvalue weighted by molar-refractivity contribution is 6.35. The Morgan fingerprint density at radius 3 is 2.74 bits per heavy atom. The Morgan fingerprint density at radius 1 is 1.42 bits per heavy atom. The molecule has 0 fully saturated rings. The van der Waals surface area contributed by atoms with Gasteiger partial charge in [-0.2, -0.15) is 0 Å². The summed E-state index contributed by atoms with van der Waals surface area (Å²) in [6, 6.07) is 4.43. The van der Waals surface area contributed by atoms with Crippen LogP contribution in [0.25, 0.3) is 0 Å². The molecular formula is C13H14Cl2N2O2. The van der Waals surface area contributed by atoms with Crippen molar-refractivity contribution < 1.29 is 4.92 Å². The first kappa shape index (κ1) is 14.3. The molecule has 19 heavy (non-hydrogen) atoms. The zero-order valence-electron chi connectivity index (χ0n) is 10.2. The minimum absolute atomic E-state index is 0.227. The second-order valence-corrected chi connectivity index (χ2v) is 5.47. The van der Waals surface area contributed by atoms with Gasteiger partial charge in [0.15, 0.2) is 0 Å². The molecule has 1 aromatic carbocycles. The summed E-state index contributed by atoms with van der Waals surface area (Å²) in [6.45, 7) is 0.366. The molecule has 1 aliphatic carbocycles. The molecule has 0 bridgehead atoms. The summed E-state index contributed by atoms with van der Waals surface area (Å²) in [5.74, 6) is -0.227. The van der Waals surface area contributed by atoms with Crippen LogP contribution in [0.1, 0.15) is 24.3 Å². The molecule has 2 atom stereocenters. The van der Waals surface area contributed by atoms with Crippen LogP contribution < -0.4 is 5.73 Å². The van der Waals surface area contributed by atoms with E-state index in [2.05, 4.69) is 0 Å². The summed E-state index contributed by atoms with van der Waals surface area (Å²) in [7, 11) is 0. The van der Waals surface area contributed by atoms with Crippen molar-refractivity contribution in [2.24, 2.45) is 5.73 Å². The highest BCUT2D eigenvalue weighted by Gasteiger charge is 2.36. The van der Waals surface area contributed by atoms with Gasteiger partial charge in [-0.05, 0) is 24.1 Å². The van der Waals surface area contributed by atoms with E-state index in [-0.39, 0.29) is 10.8 Å². The maximum Gasteiger partial charge on any atom is 0.223 e. The van der Waals surface area contributed by atoms with Crippen LogP contribution in [0, 0.1) is 10.1 Å². The third kappa shape index (κ3) is 3.08. The molecule has 2 rings (SSSR count). The maximum absolute atomic E-state index is 11.2. The van der Waals surface area contributed by atoms with Gasteiger partial charge in [0.1, 0.15) is 0 Å². The van der Waals surface area contributed by atoms with Crippen LogP contribution in [0.15, 0.2) is 29.8 Å². The second kappa shape index (κ2) is 5.90. The van der Waals surface area contributed by atoms with Gasteiger partial charge in [0.2, 0.25) is 6.04 Å². The van der Waals surface area contributed by atoms with Crippen LogP contribution in [-0.4, -0.2) is 17.5 Å². The first-order valence-electron chi connectivity index (χ1n) is 5.99. The summed E-state index contributed by atoms with van der Waals surface area (Å²) < 4.78 is 0. The molecule has 1 aliphatic rings. The molecule has 4 nitrogen and oxygen atoms in total. The van der Waals surface area contributed by atoms with Crippen molar-refractivity contribution in [3.63, 3.8) is 0 Å². The number of rotatable bonds is 3. The predicted molar refractivity (Wildman–Crippen MR) is 76.4 cm³/mol. The number of benzene rings is 1. The first-order valence-corrected chi connectivity index (χ1v) is 6.75. The molecule has 0 radical (unpaired) electrons. The Labute approximate surface area is 121 Å². The number of nitrogens with zero attached hydrogens (tertiary/aromatic N) is 1. The van der Waals surface area contributed by atoms with Crippen LogP contribution in [0.2, 0.25) is 10.0 Å². The topological polar surface area (TPSA) is 69.2 Å². The summed E-state index contributed by atoms with van der Waals surface area (Å²) in [5, 5.41) is 12.3. The molecule has 0 saturated carbocycles. The van der Waals surface area contributed by atoms with E-state index in [1.54, 1.807) is 18.2 Å². The van der Waals surface area contributed by atoms with Crippen LogP contribution >= 0.6 is 23.2 Å². The van der Waals surface area contributed by atoms with E-state index >= 15 is 0 Å². The van der Waals surface area contributed by atoms with Gasteiger partial charge in [-0.1, -0.05) is 40.9 Å². The number of hydrogen-bond donors (Lipinski definition) is 1. The molecule has 2 N–H and O–H groups in total. The number of allylic oxidation sites excluding steroid dienone is 1. The third-order valence-electron chi connectivity index (χ3n) is 3.49. The minimum Gasteiger partial charge on any atom is -0.327 e. The van der Waals surface area contributed by atoms with Crippen molar-refractivity contribution in [3.05, 3.63) is 55.6 Å². The normalized spacial score (nSPS) is 23.0. The summed E-state index contributed by atoms with van der Waals surface area (Å²) >= 11 is 12.0. The molecular weight excluding hydrogens is 287 g/mol. The van der Waals surface area contributed by atoms with Gasteiger partial charge in [0.05, 0.1) is 5.92 Å². The quantitative estimate of drug-likeness (QED) is 0.528. The maximum atomic E-state index is 11.2. The first-order chi connectivity index (χ1) is 9.02. The molecule has 0 amide bonds. The van der Waals surface area contributed by atoms with Crippen LogP contribution in [-0.2, 0) is 0 Å². The highest BCUT2D eigenvalue weighted by Crippen LogP contribution is 2.38. The fourth-order valence-corrected chi connectivity index (χ4v) is 3.02. The largest absolute Gasteiger partial charge is 0.327 e. The van der Waals surface area contributed by atoms with E-state index in [9.17, 15) is 10.1 Å². The van der Waals surface area contributed by atoms with E-state index in [1.807, 2.05) is 6.08 Å². The van der Waals surface area contributed by atoms with Crippen molar-refractivity contribution >= 4 is 23.2 Å². The number of hydrogen-bond acceptors (Lipinski definition) is 3. The number of nitrogens with two attached hydrogens (primary N) is 1. The summed E-state index contributed by atoms with van der Waals surface area (Å²) in [4.78, 5) is 11.0. The zero-order valence-corrected chi connectivity index (χ0v) is 11.7. The molecule has 0 aliphatic heterocycles. The van der Waals surface area contributed by atoms with Crippen molar-refractivity contribution in [1.29, 1.82) is 0 Å². The standard InChI is InChI=1S/C13H14Cl2N2O2/c14-9-2-4-10(12(15)6-9)11-3-1-8(7-16)5-13(11)17(18)19/h1-2,4,6,11,13H,3,5,7,16H2. The second-order valence-electron chi connectivity index (χ2n) is 4.63. The SMILES string of the molecule is NCC1=CCC(c2ccc(Cl)cc2Cl)C([N+](=O)[O-])C1. The van der Waals surface area contributed by atoms with Gasteiger partial charge in [-0.3, -0.25) is 10.1 Å². The number of nitro groups is 1. The average Bonchev–Trinajstić information content (AvgIpc) is 2.38. The van der Waals surface area contributed by atoms with Gasteiger partial charge < -0.3 is 5.73 Å². The molecule has 0 saturated heterocycles. The van der Waals surface area contributed by atoms with E-state index < -0.39 is 6.04 Å². The van der Waals surface area contributed by atoms with Gasteiger partial charge in [0, 0.05) is 27.9 Å². The lowest BCUT2D eigenvalue weighted by molar-refractivity contribution is -0.527. The fraction of sp³-hybridized carbons (Fsp3) is 0.385. The van der Waals surface area contributed by atoms with Crippen molar-refractivity contribution in [2.45, 2.75) is 24.8 Å². The van der Waals surface area contributed by atoms with Gasteiger partial charge in [-0.25, -0.2) is 0 Å². The van der Waals surface area contributed by atoms with E-state index in [0.29, 0.717) is 29.4 Å². The lowest BCUT2D eigenvalue weighted by atomic mass is 9.80. The fourth-order valence-electron chi connectivity index (χ4n) is 2.47. The van der Waals surface area contributed by atoms with Crippen molar-refractivity contribution in [3.8, 4) is 0 Å². The molecule has 0 spiro atoms.